The maximum Gasteiger partial charge on any atom is 0.166 e. The SMILES string of the molecule is CC(OCC1CO1)[SH](=O)=O. The first-order valence-electron chi connectivity index (χ1n) is 3.07. The molecule has 0 radical (unpaired) electrons. The third-order valence-electron chi connectivity index (χ3n) is 1.22. The van der Waals surface area contributed by atoms with Gasteiger partial charge in [-0.3, -0.25) is 0 Å². The summed E-state index contributed by atoms with van der Waals surface area (Å²) in [7, 11) is -2.44. The van der Waals surface area contributed by atoms with Gasteiger partial charge in [-0.1, -0.05) is 0 Å². The van der Waals surface area contributed by atoms with E-state index in [4.69, 9.17) is 9.47 Å². The Morgan fingerprint density at radius 3 is 2.80 bits per heavy atom. The van der Waals surface area contributed by atoms with Crippen LogP contribution in [-0.2, 0) is 20.2 Å². The van der Waals surface area contributed by atoms with Crippen molar-refractivity contribution in [3.05, 3.63) is 0 Å². The average molecular weight is 166 g/mol. The van der Waals surface area contributed by atoms with E-state index in [1.165, 1.54) is 6.92 Å². The molecule has 0 aromatic heterocycles. The summed E-state index contributed by atoms with van der Waals surface area (Å²) >= 11 is 0. The molecule has 0 aromatic rings. The Labute approximate surface area is 61.1 Å². The Kier molecular flexibility index (Phi) is 2.64. The van der Waals surface area contributed by atoms with Gasteiger partial charge >= 0.3 is 0 Å². The maximum atomic E-state index is 10.2. The van der Waals surface area contributed by atoms with E-state index in [0.717, 1.165) is 0 Å². The lowest BCUT2D eigenvalue weighted by atomic mass is 10.5. The van der Waals surface area contributed by atoms with Crippen LogP contribution in [-0.4, -0.2) is 33.2 Å². The van der Waals surface area contributed by atoms with E-state index in [0.29, 0.717) is 13.2 Å². The quantitative estimate of drug-likeness (QED) is 0.446. The molecule has 60 valence electrons. The molecule has 0 N–H and O–H groups in total. The van der Waals surface area contributed by atoms with Gasteiger partial charge in [0.2, 0.25) is 0 Å². The summed E-state index contributed by atoms with van der Waals surface area (Å²) in [6.07, 6.45) is 0.136. The van der Waals surface area contributed by atoms with Gasteiger partial charge in [-0.15, -0.1) is 0 Å². The molecule has 0 saturated carbocycles. The molecule has 1 saturated heterocycles. The topological polar surface area (TPSA) is 55.9 Å². The van der Waals surface area contributed by atoms with Crippen molar-refractivity contribution in [2.75, 3.05) is 13.2 Å². The van der Waals surface area contributed by atoms with E-state index in [2.05, 4.69) is 0 Å². The van der Waals surface area contributed by atoms with Crippen molar-refractivity contribution < 1.29 is 17.9 Å². The summed E-state index contributed by atoms with van der Waals surface area (Å²) in [5, 5.41) is 0. The first-order valence-corrected chi connectivity index (χ1v) is 4.31. The molecule has 1 heterocycles. The lowest BCUT2D eigenvalue weighted by Gasteiger charge is -2.02. The Morgan fingerprint density at radius 1 is 1.80 bits per heavy atom. The van der Waals surface area contributed by atoms with E-state index in [9.17, 15) is 8.42 Å². The molecule has 1 aliphatic rings. The third-order valence-corrected chi connectivity index (χ3v) is 1.97. The first-order chi connectivity index (χ1) is 4.70. The van der Waals surface area contributed by atoms with Crippen molar-refractivity contribution in [3.8, 4) is 0 Å². The van der Waals surface area contributed by atoms with E-state index >= 15 is 0 Å². The van der Waals surface area contributed by atoms with Crippen molar-refractivity contribution in [1.82, 2.24) is 0 Å². The van der Waals surface area contributed by atoms with E-state index in [1.54, 1.807) is 0 Å². The molecule has 4 nitrogen and oxygen atoms in total. The number of thiol groups is 1. The highest BCUT2D eigenvalue weighted by molar-refractivity contribution is 7.72. The van der Waals surface area contributed by atoms with Crippen LogP contribution in [0.2, 0.25) is 0 Å². The highest BCUT2D eigenvalue weighted by Gasteiger charge is 2.23. The molecule has 10 heavy (non-hydrogen) atoms. The third kappa shape index (κ3) is 2.64. The monoisotopic (exact) mass is 166 g/mol. The molecule has 0 amide bonds. The van der Waals surface area contributed by atoms with Crippen molar-refractivity contribution in [1.29, 1.82) is 0 Å². The second kappa shape index (κ2) is 3.32. The van der Waals surface area contributed by atoms with Crippen LogP contribution in [0.15, 0.2) is 0 Å². The fraction of sp³-hybridized carbons (Fsp3) is 1.00. The van der Waals surface area contributed by atoms with Crippen molar-refractivity contribution >= 4 is 10.7 Å². The highest BCUT2D eigenvalue weighted by Crippen LogP contribution is 2.09. The first kappa shape index (κ1) is 7.97. The Balaban J connectivity index is 2.10. The standard InChI is InChI=1S/C5H10O4S/c1-4(10(6)7)8-2-5-3-9-5/h4-5,10H,2-3H2,1H3. The van der Waals surface area contributed by atoms with Crippen LogP contribution in [0.4, 0.5) is 0 Å². The predicted octanol–water partition coefficient (Wildman–Crippen LogP) is -0.641. The van der Waals surface area contributed by atoms with Gasteiger partial charge < -0.3 is 9.47 Å². The fourth-order valence-corrected chi connectivity index (χ4v) is 0.679. The number of hydrogen-bond donors (Lipinski definition) is 1. The molecule has 0 spiro atoms. The van der Waals surface area contributed by atoms with Crippen molar-refractivity contribution in [2.45, 2.75) is 18.5 Å². The molecule has 0 aliphatic carbocycles. The lowest BCUT2D eigenvalue weighted by molar-refractivity contribution is 0.103. The molecule has 0 bridgehead atoms. The number of ether oxygens (including phenoxy) is 2. The highest BCUT2D eigenvalue weighted by atomic mass is 32.2. The van der Waals surface area contributed by atoms with Crippen LogP contribution in [0, 0.1) is 0 Å². The molecule has 0 aromatic carbocycles. The molecule has 1 rings (SSSR count). The Hall–Kier alpha value is -0.130. The van der Waals surface area contributed by atoms with Gasteiger partial charge in [0, 0.05) is 0 Å². The molecule has 2 unspecified atom stereocenters. The zero-order chi connectivity index (χ0) is 7.56. The van der Waals surface area contributed by atoms with E-state index < -0.39 is 16.1 Å². The van der Waals surface area contributed by atoms with Gasteiger partial charge in [0.05, 0.1) is 13.2 Å². The van der Waals surface area contributed by atoms with Gasteiger partial charge in [-0.25, -0.2) is 8.42 Å². The summed E-state index contributed by atoms with van der Waals surface area (Å²) in [4.78, 5) is 0. The minimum atomic E-state index is -2.44. The number of epoxide rings is 1. The fourth-order valence-electron chi connectivity index (χ4n) is 0.472. The molecular weight excluding hydrogens is 156 g/mol. The van der Waals surface area contributed by atoms with Gasteiger partial charge in [-0.05, 0) is 6.92 Å². The van der Waals surface area contributed by atoms with E-state index in [1.807, 2.05) is 0 Å². The van der Waals surface area contributed by atoms with Gasteiger partial charge in [0.25, 0.3) is 0 Å². The number of hydrogen-bond acceptors (Lipinski definition) is 4. The summed E-state index contributed by atoms with van der Waals surface area (Å²) in [5.74, 6) is 0. The smallest absolute Gasteiger partial charge is 0.166 e. The summed E-state index contributed by atoms with van der Waals surface area (Å²) < 4.78 is 30.1. The average Bonchev–Trinajstić information content (AvgIpc) is 2.64. The van der Waals surface area contributed by atoms with Crippen LogP contribution in [0.5, 0.6) is 0 Å². The zero-order valence-corrected chi connectivity index (χ0v) is 6.54. The Bertz CT molecular complexity index is 164. The summed E-state index contributed by atoms with van der Waals surface area (Å²) in [6, 6.07) is 0. The summed E-state index contributed by atoms with van der Waals surface area (Å²) in [6.45, 7) is 2.60. The van der Waals surface area contributed by atoms with Crippen LogP contribution >= 0.6 is 0 Å². The second-order valence-electron chi connectivity index (χ2n) is 2.17. The maximum absolute atomic E-state index is 10.2. The molecular formula is C5H10O4S. The lowest BCUT2D eigenvalue weighted by Crippen LogP contribution is -2.13. The minimum absolute atomic E-state index is 0.136. The van der Waals surface area contributed by atoms with Crippen LogP contribution in [0.1, 0.15) is 6.92 Å². The van der Waals surface area contributed by atoms with Gasteiger partial charge in [-0.2, -0.15) is 0 Å². The van der Waals surface area contributed by atoms with Crippen LogP contribution < -0.4 is 0 Å². The van der Waals surface area contributed by atoms with E-state index in [-0.39, 0.29) is 6.10 Å². The predicted molar refractivity (Wildman–Crippen MR) is 35.5 cm³/mol. The molecule has 5 heteroatoms. The van der Waals surface area contributed by atoms with Gasteiger partial charge in [0.15, 0.2) is 16.1 Å². The molecule has 1 aliphatic heterocycles. The minimum Gasteiger partial charge on any atom is -0.371 e. The van der Waals surface area contributed by atoms with Crippen molar-refractivity contribution in [3.63, 3.8) is 0 Å². The van der Waals surface area contributed by atoms with Crippen LogP contribution in [0.25, 0.3) is 0 Å². The van der Waals surface area contributed by atoms with Gasteiger partial charge in [0.1, 0.15) is 6.10 Å². The number of rotatable bonds is 4. The second-order valence-corrected chi connectivity index (χ2v) is 3.47. The summed E-state index contributed by atoms with van der Waals surface area (Å²) in [5.41, 5.74) is -0.681. The van der Waals surface area contributed by atoms with Crippen LogP contribution in [0.3, 0.4) is 0 Å². The Morgan fingerprint density at radius 2 is 2.40 bits per heavy atom. The van der Waals surface area contributed by atoms with Crippen molar-refractivity contribution in [2.24, 2.45) is 0 Å². The zero-order valence-electron chi connectivity index (χ0n) is 5.65. The largest absolute Gasteiger partial charge is 0.371 e. The molecule has 1 fully saturated rings. The normalized spacial score (nSPS) is 26.8. The molecule has 2 atom stereocenters.